The van der Waals surface area contributed by atoms with E-state index in [4.69, 9.17) is 5.26 Å². The molecule has 24 heavy (non-hydrogen) atoms. The van der Waals surface area contributed by atoms with Crippen LogP contribution in [0.15, 0.2) is 29.1 Å². The molecule has 2 rings (SSSR count). The Morgan fingerprint density at radius 3 is 2.75 bits per heavy atom. The average Bonchev–Trinajstić information content (AvgIpc) is 2.55. The minimum absolute atomic E-state index is 0.0124. The number of carbonyl (C=O) groups excluding carboxylic acids is 1. The zero-order valence-corrected chi connectivity index (χ0v) is 13.5. The van der Waals surface area contributed by atoms with Crippen molar-refractivity contribution in [3.05, 3.63) is 62.8 Å². The second-order valence-electron chi connectivity index (χ2n) is 5.35. The molecule has 0 unspecified atom stereocenters. The van der Waals surface area contributed by atoms with Crippen LogP contribution in [0.3, 0.4) is 0 Å². The van der Waals surface area contributed by atoms with Crippen LogP contribution in [0.2, 0.25) is 0 Å². The normalized spacial score (nSPS) is 10.2. The number of aromatic nitrogens is 2. The fraction of sp³-hybridized carbons (Fsp3) is 0.294. The number of benzene rings is 1. The molecule has 2 aromatic rings. The van der Waals surface area contributed by atoms with E-state index in [1.165, 1.54) is 6.07 Å². The van der Waals surface area contributed by atoms with Gasteiger partial charge >= 0.3 is 0 Å². The number of amides is 1. The third kappa shape index (κ3) is 3.84. The van der Waals surface area contributed by atoms with Crippen molar-refractivity contribution in [2.45, 2.75) is 26.8 Å². The quantitative estimate of drug-likeness (QED) is 0.894. The first-order valence-electron chi connectivity index (χ1n) is 7.42. The van der Waals surface area contributed by atoms with Crippen LogP contribution in [0.4, 0.5) is 4.39 Å². The molecule has 0 aliphatic carbocycles. The summed E-state index contributed by atoms with van der Waals surface area (Å²) in [5, 5.41) is 15.7. The highest BCUT2D eigenvalue weighted by molar-refractivity contribution is 5.75. The molecule has 1 aromatic carbocycles. The van der Waals surface area contributed by atoms with Gasteiger partial charge in [-0.1, -0.05) is 18.2 Å². The van der Waals surface area contributed by atoms with Gasteiger partial charge in [-0.3, -0.25) is 9.59 Å². The van der Waals surface area contributed by atoms with Crippen LogP contribution in [-0.4, -0.2) is 22.2 Å². The topological polar surface area (TPSA) is 87.8 Å². The molecule has 1 aromatic heterocycles. The number of hydrogen-bond donors (Lipinski definition) is 1. The van der Waals surface area contributed by atoms with E-state index in [2.05, 4.69) is 10.4 Å². The van der Waals surface area contributed by atoms with E-state index in [0.29, 0.717) is 23.2 Å². The first-order chi connectivity index (χ1) is 11.4. The number of nitriles is 1. The monoisotopic (exact) mass is 328 g/mol. The predicted octanol–water partition coefficient (Wildman–Crippen LogP) is 1.23. The Bertz CT molecular complexity index is 868. The molecule has 0 radical (unpaired) electrons. The van der Waals surface area contributed by atoms with Crippen molar-refractivity contribution in [1.29, 1.82) is 5.26 Å². The zero-order chi connectivity index (χ0) is 17.7. The summed E-state index contributed by atoms with van der Waals surface area (Å²) in [6, 6.07) is 8.17. The maximum Gasteiger partial charge on any atom is 0.285 e. The second kappa shape index (κ2) is 7.51. The highest BCUT2D eigenvalue weighted by atomic mass is 19.1. The lowest BCUT2D eigenvalue weighted by Crippen LogP contribution is -2.36. The van der Waals surface area contributed by atoms with E-state index < -0.39 is 11.5 Å². The number of rotatable bonds is 5. The fourth-order valence-electron chi connectivity index (χ4n) is 2.24. The summed E-state index contributed by atoms with van der Waals surface area (Å²) in [7, 11) is 0. The van der Waals surface area contributed by atoms with E-state index in [1.54, 1.807) is 32.0 Å². The number of nitrogens with one attached hydrogen (secondary N) is 1. The number of aryl methyl sites for hydroxylation is 1. The number of hydrogen-bond acceptors (Lipinski definition) is 4. The lowest BCUT2D eigenvalue weighted by molar-refractivity contribution is -0.121. The first-order valence-corrected chi connectivity index (χ1v) is 7.42. The molecular formula is C17H17FN4O2. The minimum atomic E-state index is -0.593. The first kappa shape index (κ1) is 17.3. The van der Waals surface area contributed by atoms with Gasteiger partial charge in [0, 0.05) is 6.54 Å². The van der Waals surface area contributed by atoms with Crippen LogP contribution in [0.5, 0.6) is 0 Å². The summed E-state index contributed by atoms with van der Waals surface area (Å²) in [5.41, 5.74) is 0.932. The van der Waals surface area contributed by atoms with Gasteiger partial charge in [0.25, 0.3) is 5.56 Å². The third-order valence-corrected chi connectivity index (χ3v) is 3.72. The van der Waals surface area contributed by atoms with Gasteiger partial charge in [0.05, 0.1) is 5.69 Å². The lowest BCUT2D eigenvalue weighted by atomic mass is 10.1. The Hall–Kier alpha value is -3.01. The van der Waals surface area contributed by atoms with Crippen molar-refractivity contribution < 1.29 is 9.18 Å². The molecule has 1 amide bonds. The summed E-state index contributed by atoms with van der Waals surface area (Å²) in [4.78, 5) is 24.0. The number of nitrogens with zero attached hydrogens (tertiary/aromatic N) is 3. The second-order valence-corrected chi connectivity index (χ2v) is 5.35. The SMILES string of the molecule is Cc1nn(CC(=O)NCCc2ccccc2F)c(=O)c(C#N)c1C. The molecule has 0 aliphatic heterocycles. The van der Waals surface area contributed by atoms with E-state index in [0.717, 1.165) is 4.68 Å². The summed E-state index contributed by atoms with van der Waals surface area (Å²) < 4.78 is 14.5. The summed E-state index contributed by atoms with van der Waals surface area (Å²) in [6.07, 6.45) is 0.344. The van der Waals surface area contributed by atoms with Crippen molar-refractivity contribution in [1.82, 2.24) is 15.1 Å². The maximum absolute atomic E-state index is 13.5. The van der Waals surface area contributed by atoms with Gasteiger partial charge in [0.2, 0.25) is 5.91 Å². The van der Waals surface area contributed by atoms with Gasteiger partial charge in [-0.05, 0) is 37.5 Å². The van der Waals surface area contributed by atoms with E-state index in [1.807, 2.05) is 6.07 Å². The zero-order valence-electron chi connectivity index (χ0n) is 13.5. The Balaban J connectivity index is 2.01. The van der Waals surface area contributed by atoms with Crippen LogP contribution < -0.4 is 10.9 Å². The largest absolute Gasteiger partial charge is 0.354 e. The highest BCUT2D eigenvalue weighted by Gasteiger charge is 2.13. The minimum Gasteiger partial charge on any atom is -0.354 e. The molecule has 0 saturated heterocycles. The van der Waals surface area contributed by atoms with Crippen molar-refractivity contribution in [2.75, 3.05) is 6.54 Å². The van der Waals surface area contributed by atoms with Crippen LogP contribution in [0.25, 0.3) is 0 Å². The average molecular weight is 328 g/mol. The molecule has 7 heteroatoms. The summed E-state index contributed by atoms with van der Waals surface area (Å²) >= 11 is 0. The van der Waals surface area contributed by atoms with E-state index >= 15 is 0 Å². The molecule has 0 atom stereocenters. The number of carbonyl (C=O) groups is 1. The van der Waals surface area contributed by atoms with Gasteiger partial charge in [0.15, 0.2) is 0 Å². The van der Waals surface area contributed by atoms with Crippen molar-refractivity contribution >= 4 is 5.91 Å². The lowest BCUT2D eigenvalue weighted by Gasteiger charge is -2.10. The molecular weight excluding hydrogens is 311 g/mol. The standard InChI is InChI=1S/C17H17FN4O2/c1-11-12(2)21-22(17(24)14(11)9-19)10-16(23)20-8-7-13-5-3-4-6-15(13)18/h3-6H,7-8,10H2,1-2H3,(H,20,23). The molecule has 124 valence electrons. The molecule has 0 fully saturated rings. The maximum atomic E-state index is 13.5. The van der Waals surface area contributed by atoms with Crippen molar-refractivity contribution in [3.8, 4) is 6.07 Å². The van der Waals surface area contributed by atoms with Crippen LogP contribution in [0, 0.1) is 31.0 Å². The van der Waals surface area contributed by atoms with Crippen LogP contribution in [-0.2, 0) is 17.8 Å². The highest BCUT2D eigenvalue weighted by Crippen LogP contribution is 2.06. The number of halogens is 1. The van der Waals surface area contributed by atoms with Crippen molar-refractivity contribution in [3.63, 3.8) is 0 Å². The molecule has 0 aliphatic rings. The molecule has 1 heterocycles. The predicted molar refractivity (Wildman–Crippen MR) is 85.8 cm³/mol. The summed E-state index contributed by atoms with van der Waals surface area (Å²) in [5.74, 6) is -0.745. The van der Waals surface area contributed by atoms with Gasteiger partial charge in [-0.15, -0.1) is 0 Å². The Labute approximate surface area is 138 Å². The van der Waals surface area contributed by atoms with Crippen molar-refractivity contribution in [2.24, 2.45) is 0 Å². The molecule has 1 N–H and O–H groups in total. The molecule has 6 nitrogen and oxygen atoms in total. The van der Waals surface area contributed by atoms with Crippen LogP contribution >= 0.6 is 0 Å². The Morgan fingerprint density at radius 2 is 2.08 bits per heavy atom. The third-order valence-electron chi connectivity index (χ3n) is 3.72. The van der Waals surface area contributed by atoms with Gasteiger partial charge in [0.1, 0.15) is 24.0 Å². The smallest absolute Gasteiger partial charge is 0.285 e. The fourth-order valence-corrected chi connectivity index (χ4v) is 2.24. The Kier molecular flexibility index (Phi) is 5.42. The van der Waals surface area contributed by atoms with Gasteiger partial charge in [-0.25, -0.2) is 9.07 Å². The molecule has 0 spiro atoms. The molecule has 0 bridgehead atoms. The van der Waals surface area contributed by atoms with Crippen LogP contribution in [0.1, 0.15) is 22.4 Å². The molecule has 0 saturated carbocycles. The van der Waals surface area contributed by atoms with E-state index in [-0.39, 0.29) is 24.5 Å². The summed E-state index contributed by atoms with van der Waals surface area (Å²) in [6.45, 7) is 3.26. The van der Waals surface area contributed by atoms with Gasteiger partial charge < -0.3 is 5.32 Å². The van der Waals surface area contributed by atoms with Gasteiger partial charge in [-0.2, -0.15) is 10.4 Å². The Morgan fingerprint density at radius 1 is 1.38 bits per heavy atom. The van der Waals surface area contributed by atoms with E-state index in [9.17, 15) is 14.0 Å².